The van der Waals surface area contributed by atoms with Gasteiger partial charge in [-0.3, -0.25) is 10.1 Å². The molecule has 10 heteroatoms. The van der Waals surface area contributed by atoms with E-state index in [2.05, 4.69) is 26.7 Å². The summed E-state index contributed by atoms with van der Waals surface area (Å²) in [5.74, 6) is 0.816. The van der Waals surface area contributed by atoms with E-state index in [1.54, 1.807) is 6.20 Å². The van der Waals surface area contributed by atoms with Crippen LogP contribution in [0.1, 0.15) is 14.9 Å². The van der Waals surface area contributed by atoms with Gasteiger partial charge in [0.1, 0.15) is 11.2 Å². The number of nitrogens with zero attached hydrogens (tertiary/aromatic N) is 3. The van der Waals surface area contributed by atoms with Gasteiger partial charge in [-0.1, -0.05) is 75.5 Å². The topological polar surface area (TPSA) is 145 Å². The fourth-order valence-electron chi connectivity index (χ4n) is 5.11. The molecule has 46 heavy (non-hydrogen) atoms. The summed E-state index contributed by atoms with van der Waals surface area (Å²) in [6, 6.07) is 33.9. The van der Waals surface area contributed by atoms with Gasteiger partial charge in [-0.15, -0.1) is 0 Å². The zero-order valence-electron chi connectivity index (χ0n) is 23.1. The van der Waals surface area contributed by atoms with Gasteiger partial charge in [-0.25, -0.2) is 9.97 Å². The van der Waals surface area contributed by atoms with Crippen LogP contribution in [0.5, 0.6) is 0 Å². The Morgan fingerprint density at radius 1 is 0.587 bits per heavy atom. The average Bonchev–Trinajstić information content (AvgIpc) is 3.63. The Morgan fingerprint density at radius 2 is 1.07 bits per heavy atom. The molecule has 0 fully saturated rings. The zero-order valence-corrected chi connectivity index (χ0v) is 23.1. The molecule has 8 aromatic rings. The quantitative estimate of drug-likeness (QED) is 0.128. The number of anilines is 5. The molecule has 0 aliphatic rings. The second-order valence-corrected chi connectivity index (χ2v) is 9.88. The summed E-state index contributed by atoms with van der Waals surface area (Å²) in [6.07, 6.45) is 3.21. The lowest BCUT2D eigenvalue weighted by Gasteiger charge is -2.07. The molecule has 8 rings (SSSR count). The number of rotatable bonds is 5. The summed E-state index contributed by atoms with van der Waals surface area (Å²) < 4.78 is 11.9. The summed E-state index contributed by atoms with van der Waals surface area (Å²) in [5.41, 5.74) is 11.0. The second kappa shape index (κ2) is 13.1. The molecule has 0 aliphatic heterocycles. The fraction of sp³-hybridized carbons (Fsp3) is 0.0556. The predicted octanol–water partition coefficient (Wildman–Crippen LogP) is 10.2. The third kappa shape index (κ3) is 5.74. The Bertz CT molecular complexity index is 2310. The van der Waals surface area contributed by atoms with Crippen LogP contribution in [-0.4, -0.2) is 14.9 Å². The minimum atomic E-state index is -0.464. The number of hydrogen-bond donors (Lipinski definition) is 3. The van der Waals surface area contributed by atoms with Gasteiger partial charge in [-0.05, 0) is 42.5 Å². The molecule has 0 unspecified atom stereocenters. The first-order valence-corrected chi connectivity index (χ1v) is 13.7. The van der Waals surface area contributed by atoms with Crippen LogP contribution in [0.2, 0.25) is 0 Å². The van der Waals surface area contributed by atoms with Crippen molar-refractivity contribution in [2.24, 2.45) is 0 Å². The van der Waals surface area contributed by atoms with Gasteiger partial charge in [0.15, 0.2) is 17.0 Å². The molecule has 4 aromatic heterocycles. The van der Waals surface area contributed by atoms with Gasteiger partial charge in [0.2, 0.25) is 5.82 Å². The smallest absolute Gasteiger partial charge is 0.311 e. The fourth-order valence-corrected chi connectivity index (χ4v) is 5.11. The number of nitrogen functional groups attached to an aromatic ring is 1. The van der Waals surface area contributed by atoms with Crippen molar-refractivity contribution < 1.29 is 13.8 Å². The maximum atomic E-state index is 11.1. The first-order chi connectivity index (χ1) is 21.6. The maximum Gasteiger partial charge on any atom is 0.311 e. The summed E-state index contributed by atoms with van der Waals surface area (Å²) in [4.78, 5) is 19.0. The standard InChI is InChI=1S/C17H11N3O3.C17H13N3O.2CH4/c21-20(22)14-8-4-10-18-17(14)19-13-7-3-6-12-11-5-1-2-9-15(11)23-16(12)13;18-13-7-4-10-19-17(13)20-14-8-3-6-12-11-5-1-2-9-15(11)21-16(12)14;;/h1-10H,(H,18,19);1-10H,18H2,(H,19,20);2*1H4. The van der Waals surface area contributed by atoms with Crippen molar-refractivity contribution in [3.05, 3.63) is 132 Å². The largest absolute Gasteiger partial charge is 0.454 e. The highest BCUT2D eigenvalue weighted by molar-refractivity contribution is 6.10. The summed E-state index contributed by atoms with van der Waals surface area (Å²) in [7, 11) is 0. The lowest BCUT2D eigenvalue weighted by atomic mass is 10.1. The van der Waals surface area contributed by atoms with Crippen molar-refractivity contribution in [1.82, 2.24) is 9.97 Å². The molecular formula is C36H32N6O4. The van der Waals surface area contributed by atoms with E-state index in [9.17, 15) is 10.1 Å². The third-order valence-electron chi connectivity index (χ3n) is 7.14. The van der Waals surface area contributed by atoms with Gasteiger partial charge in [0.25, 0.3) is 0 Å². The van der Waals surface area contributed by atoms with Crippen molar-refractivity contribution in [1.29, 1.82) is 0 Å². The van der Waals surface area contributed by atoms with Crippen molar-refractivity contribution >= 4 is 78.3 Å². The van der Waals surface area contributed by atoms with Gasteiger partial charge < -0.3 is 25.2 Å². The number of furan rings is 2. The van der Waals surface area contributed by atoms with Crippen LogP contribution in [0.25, 0.3) is 43.9 Å². The molecule has 0 amide bonds. The number of para-hydroxylation sites is 4. The van der Waals surface area contributed by atoms with Crippen molar-refractivity contribution in [2.45, 2.75) is 14.9 Å². The highest BCUT2D eigenvalue weighted by Gasteiger charge is 2.17. The molecule has 0 aliphatic carbocycles. The number of nitrogens with one attached hydrogen (secondary N) is 2. The van der Waals surface area contributed by atoms with Crippen LogP contribution in [-0.2, 0) is 0 Å². The molecule has 10 nitrogen and oxygen atoms in total. The van der Waals surface area contributed by atoms with E-state index in [1.807, 2.05) is 91.0 Å². The summed E-state index contributed by atoms with van der Waals surface area (Å²) >= 11 is 0. The molecule has 0 radical (unpaired) electrons. The number of pyridine rings is 2. The molecule has 0 atom stereocenters. The van der Waals surface area contributed by atoms with Crippen molar-refractivity contribution in [3.63, 3.8) is 0 Å². The summed E-state index contributed by atoms with van der Waals surface area (Å²) in [6.45, 7) is 0. The predicted molar refractivity (Wildman–Crippen MR) is 187 cm³/mol. The number of hydrogen-bond acceptors (Lipinski definition) is 9. The number of nitrogens with two attached hydrogens (primary N) is 1. The van der Waals surface area contributed by atoms with Gasteiger partial charge >= 0.3 is 5.69 Å². The molecule has 4 heterocycles. The minimum absolute atomic E-state index is 0. The molecule has 4 N–H and O–H groups in total. The van der Waals surface area contributed by atoms with Crippen LogP contribution in [0.3, 0.4) is 0 Å². The van der Waals surface area contributed by atoms with Crippen LogP contribution in [0.4, 0.5) is 34.4 Å². The Labute approximate surface area is 264 Å². The number of benzene rings is 4. The number of nitro groups is 1. The Hall–Kier alpha value is -6.42. The van der Waals surface area contributed by atoms with E-state index >= 15 is 0 Å². The second-order valence-electron chi connectivity index (χ2n) is 9.88. The van der Waals surface area contributed by atoms with Crippen molar-refractivity contribution in [3.8, 4) is 0 Å². The van der Waals surface area contributed by atoms with Crippen LogP contribution in [0.15, 0.2) is 130 Å². The maximum absolute atomic E-state index is 11.1. The molecule has 0 saturated heterocycles. The monoisotopic (exact) mass is 612 g/mol. The third-order valence-corrected chi connectivity index (χ3v) is 7.14. The highest BCUT2D eigenvalue weighted by atomic mass is 16.6. The number of aromatic nitrogens is 2. The highest BCUT2D eigenvalue weighted by Crippen LogP contribution is 2.36. The van der Waals surface area contributed by atoms with Gasteiger partial charge in [-0.2, -0.15) is 0 Å². The Kier molecular flexibility index (Phi) is 8.81. The summed E-state index contributed by atoms with van der Waals surface area (Å²) in [5, 5.41) is 21.5. The first-order valence-electron chi connectivity index (χ1n) is 13.7. The minimum Gasteiger partial charge on any atom is -0.454 e. The van der Waals surface area contributed by atoms with Crippen LogP contribution >= 0.6 is 0 Å². The number of fused-ring (bicyclic) bond motifs is 6. The van der Waals surface area contributed by atoms with E-state index in [0.29, 0.717) is 22.8 Å². The molecule has 0 spiro atoms. The van der Waals surface area contributed by atoms with Gasteiger partial charge in [0.05, 0.1) is 22.0 Å². The van der Waals surface area contributed by atoms with Crippen LogP contribution < -0.4 is 16.4 Å². The Morgan fingerprint density at radius 3 is 1.61 bits per heavy atom. The molecule has 0 saturated carbocycles. The zero-order chi connectivity index (χ0) is 30.0. The van der Waals surface area contributed by atoms with Crippen LogP contribution in [0, 0.1) is 10.1 Å². The lowest BCUT2D eigenvalue weighted by molar-refractivity contribution is -0.384. The molecule has 0 bridgehead atoms. The van der Waals surface area contributed by atoms with E-state index in [4.69, 9.17) is 14.6 Å². The lowest BCUT2D eigenvalue weighted by Crippen LogP contribution is -1.99. The van der Waals surface area contributed by atoms with E-state index < -0.39 is 4.92 Å². The average molecular weight is 613 g/mol. The van der Waals surface area contributed by atoms with E-state index in [1.165, 1.54) is 18.3 Å². The molecule has 4 aromatic carbocycles. The molecule has 230 valence electrons. The SMILES string of the molecule is C.C.Nc1cccnc1Nc1cccc2c1oc1ccccc12.O=[N+]([O-])c1cccnc1Nc1cccc2c1oc1ccccc12. The molecular weight excluding hydrogens is 580 g/mol. The van der Waals surface area contributed by atoms with Crippen molar-refractivity contribution in [2.75, 3.05) is 16.4 Å². The van der Waals surface area contributed by atoms with E-state index in [0.717, 1.165) is 44.0 Å². The van der Waals surface area contributed by atoms with Gasteiger partial charge in [0, 0.05) is 40.0 Å². The normalized spacial score (nSPS) is 10.5. The Balaban J connectivity index is 0.000000174. The first kappa shape index (κ1) is 31.0. The van der Waals surface area contributed by atoms with E-state index in [-0.39, 0.29) is 26.4 Å².